The van der Waals surface area contributed by atoms with Gasteiger partial charge in [0, 0.05) is 41.4 Å². The summed E-state index contributed by atoms with van der Waals surface area (Å²) in [5.74, 6) is 2.04. The summed E-state index contributed by atoms with van der Waals surface area (Å²) in [5.41, 5.74) is 15.0. The Morgan fingerprint density at radius 2 is 1.23 bits per heavy atom. The lowest BCUT2D eigenvalue weighted by atomic mass is 9.80. The first-order chi connectivity index (χ1) is 31.1. The van der Waals surface area contributed by atoms with E-state index in [4.69, 9.17) is 16.3 Å². The minimum absolute atomic E-state index is 0.0115. The molecule has 1 fully saturated rings. The lowest BCUT2D eigenvalue weighted by Gasteiger charge is -2.56. The van der Waals surface area contributed by atoms with Gasteiger partial charge in [0.2, 0.25) is 5.69 Å². The molecule has 6 heteroatoms. The van der Waals surface area contributed by atoms with Crippen LogP contribution in [0.4, 0.5) is 28.4 Å². The van der Waals surface area contributed by atoms with Crippen LogP contribution in [0.3, 0.4) is 0 Å². The summed E-state index contributed by atoms with van der Waals surface area (Å²) >= 11 is 0. The van der Waals surface area contributed by atoms with E-state index in [1.165, 1.54) is 50.4 Å². The minimum Gasteiger partial charge on any atom is -0.468 e. The van der Waals surface area contributed by atoms with E-state index >= 15 is 0 Å². The first kappa shape index (κ1) is 43.4. The van der Waals surface area contributed by atoms with Crippen LogP contribution in [0.25, 0.3) is 43.6 Å². The number of hydrogen-bond donors (Lipinski definition) is 0. The number of rotatable bonds is 6. The predicted octanol–water partition coefficient (Wildman–Crippen LogP) is 16.8. The zero-order valence-corrected chi connectivity index (χ0v) is 40.7. The molecule has 5 heterocycles. The maximum atomic E-state index is 8.36. The SMILES string of the molecule is [C-]#[N+]c1cc2c3ccccc3n(-c3cc(C(C)(C)C)ccn3)c2cc1Oc1cccc([N@@+]23[CH-][N@@+](c4cc(C(C)(C)C)cc(C(C)(C)C)c4)(C2)c2c(-c4cccc(C(C)(C)C)c4)cccc23)c1. The van der Waals surface area contributed by atoms with Crippen LogP contribution in [0.15, 0.2) is 140 Å². The summed E-state index contributed by atoms with van der Waals surface area (Å²) in [5, 5.41) is 2.06. The van der Waals surface area contributed by atoms with Crippen LogP contribution in [0.1, 0.15) is 105 Å². The number of quaternary nitrogens is 2. The Balaban J connectivity index is 1.12. The number of para-hydroxylation sites is 2. The quantitative estimate of drug-likeness (QED) is 0.123. The second-order valence-corrected chi connectivity index (χ2v) is 22.8. The number of ether oxygens (including phenoxy) is 1. The van der Waals surface area contributed by atoms with Gasteiger partial charge in [0.05, 0.1) is 24.3 Å². The molecule has 3 aliphatic rings. The Labute approximate surface area is 391 Å². The average Bonchev–Trinajstić information content (AvgIpc) is 3.86. The Morgan fingerprint density at radius 3 is 1.91 bits per heavy atom. The van der Waals surface area contributed by atoms with Crippen molar-refractivity contribution in [2.45, 2.75) is 105 Å². The molecule has 0 unspecified atom stereocenters. The van der Waals surface area contributed by atoms with Crippen molar-refractivity contribution in [1.82, 2.24) is 18.5 Å². The Hall–Kier alpha value is -6.52. The largest absolute Gasteiger partial charge is 0.468 e. The number of hydrogen-bond acceptors (Lipinski definition) is 2. The van der Waals surface area contributed by atoms with Gasteiger partial charge in [-0.05, 0) is 103 Å². The standard InChI is InChI=1S/C60H62N5O/c1-57(2,3)40-20-16-19-39(29-40)47-24-18-26-53-56(47)65(45-31-42(59(7,8)9)30-43(32-45)60(10,11)12)37-64(53,38-65)44-21-17-22-46(34-44)66-54-36-52-49(35-50(54)61-13)48-23-14-15-25-51(48)63(52)55-33-41(27-28-62-55)58(4,5)6/h14-37H,38H2,1-12H3/q+1/t64-,65+/m1/s1. The zero-order valence-electron chi connectivity index (χ0n) is 40.7. The third-order valence-corrected chi connectivity index (χ3v) is 14.1. The molecule has 0 spiro atoms. The topological polar surface area (TPSA) is 31.4 Å². The summed E-state index contributed by atoms with van der Waals surface area (Å²) in [4.78, 5) is 8.94. The summed E-state index contributed by atoms with van der Waals surface area (Å²) in [6.07, 6.45) is 1.90. The van der Waals surface area contributed by atoms with Gasteiger partial charge in [0.15, 0.2) is 18.0 Å². The Bertz CT molecular complexity index is 3260. The smallest absolute Gasteiger partial charge is 0.229 e. The van der Waals surface area contributed by atoms with Gasteiger partial charge in [0.1, 0.15) is 28.7 Å². The fourth-order valence-electron chi connectivity index (χ4n) is 10.2. The van der Waals surface area contributed by atoms with Crippen LogP contribution in [0.2, 0.25) is 0 Å². The molecule has 8 aromatic rings. The predicted molar refractivity (Wildman–Crippen MR) is 277 cm³/mol. The molecular weight excluding hydrogens is 807 g/mol. The molecule has 0 N–H and O–H groups in total. The van der Waals surface area contributed by atoms with Crippen LogP contribution >= 0.6 is 0 Å². The molecule has 0 radical (unpaired) electrons. The van der Waals surface area contributed by atoms with Crippen molar-refractivity contribution < 1.29 is 4.74 Å². The van der Waals surface area contributed by atoms with Crippen molar-refractivity contribution in [3.05, 3.63) is 180 Å². The second kappa shape index (κ2) is 14.7. The van der Waals surface area contributed by atoms with Crippen LogP contribution in [-0.4, -0.2) is 16.2 Å². The maximum absolute atomic E-state index is 8.36. The van der Waals surface area contributed by atoms with Gasteiger partial charge >= 0.3 is 0 Å². The number of aromatic nitrogens is 2. The van der Waals surface area contributed by atoms with Gasteiger partial charge in [-0.3, -0.25) is 13.5 Å². The number of pyridine rings is 1. The molecule has 3 aliphatic heterocycles. The molecule has 2 bridgehead atoms. The van der Waals surface area contributed by atoms with Crippen molar-refractivity contribution in [2.75, 3.05) is 6.67 Å². The normalized spacial score (nSPS) is 18.3. The third kappa shape index (κ3) is 6.95. The van der Waals surface area contributed by atoms with Crippen LogP contribution in [-0.2, 0) is 21.7 Å². The summed E-state index contributed by atoms with van der Waals surface area (Å²) in [6.45, 7) is 39.2. The fourth-order valence-corrected chi connectivity index (χ4v) is 10.2. The Kier molecular flexibility index (Phi) is 9.69. The maximum Gasteiger partial charge on any atom is 0.229 e. The van der Waals surface area contributed by atoms with Gasteiger partial charge in [-0.25, -0.2) is 9.83 Å². The van der Waals surface area contributed by atoms with E-state index < -0.39 is 0 Å². The van der Waals surface area contributed by atoms with Crippen LogP contribution in [0.5, 0.6) is 11.5 Å². The summed E-state index contributed by atoms with van der Waals surface area (Å²) in [6, 6.07) is 48.6. The van der Waals surface area contributed by atoms with E-state index in [1.54, 1.807) is 0 Å². The monoisotopic (exact) mass is 868 g/mol. The number of fused-ring (bicyclic) bond motifs is 3. The summed E-state index contributed by atoms with van der Waals surface area (Å²) < 4.78 is 10.3. The second-order valence-electron chi connectivity index (χ2n) is 22.8. The van der Waals surface area contributed by atoms with Crippen LogP contribution < -0.4 is 13.7 Å². The number of nitrogens with zero attached hydrogens (tertiary/aromatic N) is 5. The lowest BCUT2D eigenvalue weighted by molar-refractivity contribution is 0.187. The molecule has 66 heavy (non-hydrogen) atoms. The first-order valence-corrected chi connectivity index (χ1v) is 23.4. The fraction of sp³-hybridized carbons (Fsp3) is 0.283. The van der Waals surface area contributed by atoms with E-state index in [2.05, 4.69) is 214 Å². The van der Waals surface area contributed by atoms with Gasteiger partial charge in [-0.2, -0.15) is 0 Å². The van der Waals surface area contributed by atoms with Crippen molar-refractivity contribution in [3.63, 3.8) is 0 Å². The lowest BCUT2D eigenvalue weighted by Crippen LogP contribution is -2.67. The third-order valence-electron chi connectivity index (χ3n) is 14.1. The molecule has 11 rings (SSSR count). The highest BCUT2D eigenvalue weighted by Gasteiger charge is 2.64. The molecule has 2 atom stereocenters. The average molecular weight is 869 g/mol. The Morgan fingerprint density at radius 1 is 0.576 bits per heavy atom. The number of benzene rings is 6. The van der Waals surface area contributed by atoms with Crippen LogP contribution in [0, 0.1) is 13.2 Å². The first-order valence-electron chi connectivity index (χ1n) is 23.4. The van der Waals surface area contributed by atoms with Crippen molar-refractivity contribution in [1.29, 1.82) is 0 Å². The molecule has 2 aromatic heterocycles. The molecule has 1 saturated heterocycles. The van der Waals surface area contributed by atoms with E-state index in [-0.39, 0.29) is 21.7 Å². The highest BCUT2D eigenvalue weighted by atomic mass is 16.5. The van der Waals surface area contributed by atoms with E-state index in [0.29, 0.717) is 26.2 Å². The van der Waals surface area contributed by atoms with E-state index in [9.17, 15) is 0 Å². The molecule has 0 amide bonds. The molecular formula is C60H62N5O+. The van der Waals surface area contributed by atoms with Gasteiger partial charge in [-0.1, -0.05) is 144 Å². The van der Waals surface area contributed by atoms with Gasteiger partial charge in [0.25, 0.3) is 0 Å². The molecule has 0 aliphatic carbocycles. The van der Waals surface area contributed by atoms with Crippen molar-refractivity contribution in [2.24, 2.45) is 0 Å². The van der Waals surface area contributed by atoms with Crippen molar-refractivity contribution in [3.8, 4) is 28.4 Å². The highest BCUT2D eigenvalue weighted by molar-refractivity contribution is 6.11. The zero-order chi connectivity index (χ0) is 46.8. The minimum atomic E-state index is -0.0496. The molecule has 0 saturated carbocycles. The van der Waals surface area contributed by atoms with E-state index in [1.807, 2.05) is 24.4 Å². The van der Waals surface area contributed by atoms with E-state index in [0.717, 1.165) is 40.0 Å². The highest BCUT2D eigenvalue weighted by Crippen LogP contribution is 2.68. The van der Waals surface area contributed by atoms with Gasteiger partial charge in [-0.15, -0.1) is 0 Å². The molecule has 6 aromatic carbocycles. The molecule has 332 valence electrons. The summed E-state index contributed by atoms with van der Waals surface area (Å²) in [7, 11) is 0. The van der Waals surface area contributed by atoms with Gasteiger partial charge < -0.3 is 4.74 Å². The van der Waals surface area contributed by atoms with Crippen molar-refractivity contribution >= 4 is 50.2 Å². The molecule has 6 nitrogen and oxygen atoms in total.